The number of carbonyl (C=O) groups is 4. The molecule has 0 saturated carbocycles. The highest BCUT2D eigenvalue weighted by Gasteiger charge is 2.18. The van der Waals surface area contributed by atoms with Gasteiger partial charge >= 0.3 is 17.9 Å². The number of methoxy groups -OCH3 is 1. The van der Waals surface area contributed by atoms with Crippen LogP contribution < -0.4 is 10.1 Å². The highest BCUT2D eigenvalue weighted by molar-refractivity contribution is 6.35. The van der Waals surface area contributed by atoms with Crippen LogP contribution >= 0.6 is 23.2 Å². The van der Waals surface area contributed by atoms with Crippen molar-refractivity contribution in [2.24, 2.45) is 0 Å². The molecule has 1 amide bonds. The first-order chi connectivity index (χ1) is 17.1. The summed E-state index contributed by atoms with van der Waals surface area (Å²) in [5, 5.41) is 12.5. The fourth-order valence-corrected chi connectivity index (χ4v) is 3.61. The number of rotatable bonds is 8. The summed E-state index contributed by atoms with van der Waals surface area (Å²) in [6, 6.07) is 12.0. The molecule has 0 heterocycles. The number of benzene rings is 3. The first kappa shape index (κ1) is 26.5. The second-order valence-electron chi connectivity index (χ2n) is 7.19. The number of esters is 2. The number of hydrogen-bond acceptors (Lipinski definition) is 7. The van der Waals surface area contributed by atoms with E-state index in [1.54, 1.807) is 6.92 Å². The van der Waals surface area contributed by atoms with Gasteiger partial charge in [0.25, 0.3) is 5.91 Å². The maximum Gasteiger partial charge on any atom is 0.338 e. The van der Waals surface area contributed by atoms with Crippen LogP contribution in [0.4, 0.5) is 5.69 Å². The van der Waals surface area contributed by atoms with Crippen molar-refractivity contribution in [1.29, 1.82) is 0 Å². The Hall–Kier alpha value is -4.08. The van der Waals surface area contributed by atoms with Crippen LogP contribution in [0.1, 0.15) is 48.4 Å². The molecule has 186 valence electrons. The Balaban J connectivity index is 2.03. The summed E-state index contributed by atoms with van der Waals surface area (Å²) < 4.78 is 15.5. The molecule has 3 aromatic carbocycles. The smallest absolute Gasteiger partial charge is 0.338 e. The molecule has 0 spiro atoms. The molecule has 0 aliphatic rings. The van der Waals surface area contributed by atoms with E-state index in [4.69, 9.17) is 37.4 Å². The fraction of sp³-hybridized carbons (Fsp3) is 0.120. The molecule has 3 rings (SSSR count). The van der Waals surface area contributed by atoms with E-state index < -0.39 is 23.8 Å². The predicted octanol–water partition coefficient (Wildman–Crippen LogP) is 5.70. The highest BCUT2D eigenvalue weighted by Crippen LogP contribution is 2.33. The van der Waals surface area contributed by atoms with Crippen molar-refractivity contribution in [3.05, 3.63) is 86.9 Å². The normalized spacial score (nSPS) is 10.3. The van der Waals surface area contributed by atoms with Crippen molar-refractivity contribution in [1.82, 2.24) is 0 Å². The molecule has 11 heteroatoms. The number of carbonyl (C=O) groups excluding carboxylic acids is 3. The molecule has 3 aromatic rings. The van der Waals surface area contributed by atoms with Gasteiger partial charge in [0.15, 0.2) is 5.75 Å². The summed E-state index contributed by atoms with van der Waals surface area (Å²) in [7, 11) is 1.20. The lowest BCUT2D eigenvalue weighted by Gasteiger charge is -2.15. The topological polar surface area (TPSA) is 128 Å². The Morgan fingerprint density at radius 1 is 0.833 bits per heavy atom. The molecule has 9 nitrogen and oxygen atoms in total. The van der Waals surface area contributed by atoms with Crippen molar-refractivity contribution in [2.45, 2.75) is 6.92 Å². The van der Waals surface area contributed by atoms with Crippen LogP contribution in [0.3, 0.4) is 0 Å². The van der Waals surface area contributed by atoms with Gasteiger partial charge in [-0.05, 0) is 61.5 Å². The number of amides is 1. The summed E-state index contributed by atoms with van der Waals surface area (Å²) in [5.41, 5.74) is 0.0329. The molecule has 0 bridgehead atoms. The Kier molecular flexibility index (Phi) is 8.52. The summed E-state index contributed by atoms with van der Waals surface area (Å²) in [6.45, 7) is 1.70. The molecule has 0 saturated heterocycles. The van der Waals surface area contributed by atoms with Crippen LogP contribution in [-0.4, -0.2) is 42.6 Å². The SMILES string of the molecule is CCOC(=O)c1cc(Oc2ccc(C(=O)OC)cc2NC(=O)c2cc(Cl)cc(Cl)c2)cc(C(=O)O)c1. The molecule has 2 N–H and O–H groups in total. The van der Waals surface area contributed by atoms with Crippen molar-refractivity contribution in [2.75, 3.05) is 19.0 Å². The van der Waals surface area contributed by atoms with E-state index in [2.05, 4.69) is 5.32 Å². The van der Waals surface area contributed by atoms with Crippen LogP contribution in [0, 0.1) is 0 Å². The lowest BCUT2D eigenvalue weighted by molar-refractivity contribution is 0.0524. The van der Waals surface area contributed by atoms with E-state index in [1.807, 2.05) is 0 Å². The van der Waals surface area contributed by atoms with Crippen LogP contribution in [0.5, 0.6) is 11.5 Å². The predicted molar refractivity (Wildman–Crippen MR) is 132 cm³/mol. The molecule has 36 heavy (non-hydrogen) atoms. The zero-order valence-corrected chi connectivity index (χ0v) is 20.5. The Labute approximate surface area is 215 Å². The van der Waals surface area contributed by atoms with Crippen LogP contribution in [0.15, 0.2) is 54.6 Å². The van der Waals surface area contributed by atoms with Gasteiger partial charge in [-0.2, -0.15) is 0 Å². The van der Waals surface area contributed by atoms with Gasteiger partial charge < -0.3 is 24.6 Å². The summed E-state index contributed by atoms with van der Waals surface area (Å²) >= 11 is 12.0. The van der Waals surface area contributed by atoms with Gasteiger partial charge in [0.2, 0.25) is 0 Å². The molecule has 0 atom stereocenters. The number of ether oxygens (including phenoxy) is 3. The summed E-state index contributed by atoms with van der Waals surface area (Å²) in [6.07, 6.45) is 0. The van der Waals surface area contributed by atoms with Gasteiger partial charge in [0, 0.05) is 15.6 Å². The highest BCUT2D eigenvalue weighted by atomic mass is 35.5. The molecule has 0 aliphatic carbocycles. The van der Waals surface area contributed by atoms with Gasteiger partial charge in [-0.15, -0.1) is 0 Å². The number of carboxylic acids is 1. The third-order valence-electron chi connectivity index (χ3n) is 4.67. The molecule has 0 aliphatic heterocycles. The maximum atomic E-state index is 12.9. The fourth-order valence-electron chi connectivity index (χ4n) is 3.08. The number of nitrogens with one attached hydrogen (secondary N) is 1. The van der Waals surface area contributed by atoms with Crippen LogP contribution in [0.2, 0.25) is 10.0 Å². The van der Waals surface area contributed by atoms with Crippen molar-refractivity contribution < 1.29 is 38.5 Å². The monoisotopic (exact) mass is 531 g/mol. The number of hydrogen-bond donors (Lipinski definition) is 2. The molecular weight excluding hydrogens is 513 g/mol. The first-order valence-corrected chi connectivity index (χ1v) is 11.1. The molecule has 0 radical (unpaired) electrons. The van der Waals surface area contributed by atoms with E-state index >= 15 is 0 Å². The van der Waals surface area contributed by atoms with E-state index in [-0.39, 0.29) is 56.1 Å². The lowest BCUT2D eigenvalue weighted by Crippen LogP contribution is -2.14. The molecule has 0 unspecified atom stereocenters. The Morgan fingerprint density at radius 2 is 1.50 bits per heavy atom. The summed E-state index contributed by atoms with van der Waals surface area (Å²) in [5.74, 6) is -3.29. The van der Waals surface area contributed by atoms with Crippen LogP contribution in [0.25, 0.3) is 0 Å². The van der Waals surface area contributed by atoms with E-state index in [0.29, 0.717) is 0 Å². The van der Waals surface area contributed by atoms with E-state index in [1.165, 1.54) is 55.6 Å². The van der Waals surface area contributed by atoms with Crippen LogP contribution in [-0.2, 0) is 9.47 Å². The van der Waals surface area contributed by atoms with Gasteiger partial charge in [-0.1, -0.05) is 23.2 Å². The summed E-state index contributed by atoms with van der Waals surface area (Å²) in [4.78, 5) is 48.7. The van der Waals surface area contributed by atoms with E-state index in [0.717, 1.165) is 6.07 Å². The number of carboxylic acid groups (broad SMARTS) is 1. The third kappa shape index (κ3) is 6.53. The third-order valence-corrected chi connectivity index (χ3v) is 5.10. The molecule has 0 fully saturated rings. The Morgan fingerprint density at radius 3 is 2.11 bits per heavy atom. The van der Waals surface area contributed by atoms with Crippen molar-refractivity contribution in [3.8, 4) is 11.5 Å². The second-order valence-corrected chi connectivity index (χ2v) is 8.06. The molecular formula is C25H19Cl2NO8. The number of halogens is 2. The lowest BCUT2D eigenvalue weighted by atomic mass is 10.1. The number of anilines is 1. The van der Waals surface area contributed by atoms with Gasteiger partial charge in [0.1, 0.15) is 5.75 Å². The standard InChI is InChI=1S/C25H19Cl2NO8/c1-3-35-25(33)16-6-15(23(30)31)9-19(10-16)36-21-5-4-13(24(32)34-2)11-20(21)28-22(29)14-7-17(26)12-18(27)8-14/h4-12H,3H2,1-2H3,(H,28,29)(H,30,31). The minimum atomic E-state index is -1.29. The van der Waals surface area contributed by atoms with Gasteiger partial charge in [-0.3, -0.25) is 4.79 Å². The second kappa shape index (κ2) is 11.6. The van der Waals surface area contributed by atoms with E-state index in [9.17, 15) is 24.3 Å². The Bertz CT molecular complexity index is 1340. The first-order valence-electron chi connectivity index (χ1n) is 10.3. The maximum absolute atomic E-state index is 12.9. The van der Waals surface area contributed by atoms with Crippen molar-refractivity contribution in [3.63, 3.8) is 0 Å². The van der Waals surface area contributed by atoms with Gasteiger partial charge in [0.05, 0.1) is 36.1 Å². The minimum Gasteiger partial charge on any atom is -0.478 e. The van der Waals surface area contributed by atoms with Gasteiger partial charge in [-0.25, -0.2) is 14.4 Å². The minimum absolute atomic E-state index is 0.0231. The largest absolute Gasteiger partial charge is 0.478 e. The average molecular weight is 532 g/mol. The van der Waals surface area contributed by atoms with Crippen molar-refractivity contribution >= 4 is 52.7 Å². The number of aromatic carboxylic acids is 1. The zero-order valence-electron chi connectivity index (χ0n) is 19.0. The quantitative estimate of drug-likeness (QED) is 0.354. The average Bonchev–Trinajstić information content (AvgIpc) is 2.83. The molecule has 0 aromatic heterocycles. The zero-order chi connectivity index (χ0) is 26.4.